The Kier molecular flexibility index (Phi) is 3.47. The van der Waals surface area contributed by atoms with Gasteiger partial charge < -0.3 is 9.26 Å². The summed E-state index contributed by atoms with van der Waals surface area (Å²) in [7, 11) is 0. The van der Waals surface area contributed by atoms with Gasteiger partial charge in [0.1, 0.15) is 12.4 Å². The highest BCUT2D eigenvalue weighted by atomic mass is 35.5. The smallest absolute Gasteiger partial charge is 0.273 e. The van der Waals surface area contributed by atoms with E-state index in [1.54, 1.807) is 13.0 Å². The number of hydrogen-bond acceptors (Lipinski definition) is 5. The van der Waals surface area contributed by atoms with E-state index < -0.39 is 4.92 Å². The highest BCUT2D eigenvalue weighted by Crippen LogP contribution is 2.29. The van der Waals surface area contributed by atoms with E-state index in [0.717, 1.165) is 5.69 Å². The third kappa shape index (κ3) is 2.78. The molecule has 0 unspecified atom stereocenters. The maximum absolute atomic E-state index is 10.6. The predicted octanol–water partition coefficient (Wildman–Crippen LogP) is 3.12. The van der Waals surface area contributed by atoms with Gasteiger partial charge in [0.25, 0.3) is 5.69 Å². The molecule has 2 rings (SSSR count). The number of hydrogen-bond donors (Lipinski definition) is 0. The fourth-order valence-corrected chi connectivity index (χ4v) is 1.52. The summed E-state index contributed by atoms with van der Waals surface area (Å²) in [6, 6.07) is 5.71. The second-order valence-corrected chi connectivity index (χ2v) is 4.00. The summed E-state index contributed by atoms with van der Waals surface area (Å²) < 4.78 is 10.3. The number of ether oxygens (including phenoxy) is 1. The van der Waals surface area contributed by atoms with Crippen molar-refractivity contribution in [1.82, 2.24) is 5.16 Å². The minimum atomic E-state index is -0.512. The number of halogens is 1. The fourth-order valence-electron chi connectivity index (χ4n) is 1.35. The van der Waals surface area contributed by atoms with E-state index in [9.17, 15) is 10.1 Å². The van der Waals surface area contributed by atoms with Gasteiger partial charge in [0.15, 0.2) is 5.76 Å². The van der Waals surface area contributed by atoms with Crippen molar-refractivity contribution in [2.24, 2.45) is 0 Å². The van der Waals surface area contributed by atoms with Crippen molar-refractivity contribution in [2.75, 3.05) is 0 Å². The van der Waals surface area contributed by atoms with Crippen LogP contribution in [0, 0.1) is 17.0 Å². The summed E-state index contributed by atoms with van der Waals surface area (Å²) in [5.41, 5.74) is 0.655. The highest BCUT2D eigenvalue weighted by Gasteiger charge is 2.11. The maximum atomic E-state index is 10.6. The van der Waals surface area contributed by atoms with Gasteiger partial charge >= 0.3 is 0 Å². The summed E-state index contributed by atoms with van der Waals surface area (Å²) in [4.78, 5) is 10.1. The molecule has 18 heavy (non-hydrogen) atoms. The normalized spacial score (nSPS) is 10.3. The van der Waals surface area contributed by atoms with Crippen LogP contribution >= 0.6 is 11.6 Å². The number of rotatable bonds is 4. The number of aromatic nitrogens is 1. The third-order valence-electron chi connectivity index (χ3n) is 2.17. The second kappa shape index (κ2) is 5.05. The Morgan fingerprint density at radius 2 is 2.28 bits per heavy atom. The zero-order valence-electron chi connectivity index (χ0n) is 9.42. The maximum Gasteiger partial charge on any atom is 0.273 e. The van der Waals surface area contributed by atoms with Crippen LogP contribution in [-0.2, 0) is 6.61 Å². The first-order valence-corrected chi connectivity index (χ1v) is 5.43. The van der Waals surface area contributed by atoms with Gasteiger partial charge in [-0.1, -0.05) is 16.8 Å². The van der Waals surface area contributed by atoms with Crippen LogP contribution in [0.5, 0.6) is 5.75 Å². The first kappa shape index (κ1) is 12.4. The molecule has 2 aromatic rings. The van der Waals surface area contributed by atoms with Crippen LogP contribution in [0.1, 0.15) is 11.5 Å². The molecule has 7 heteroatoms. The van der Waals surface area contributed by atoms with Crippen LogP contribution in [0.15, 0.2) is 28.8 Å². The van der Waals surface area contributed by atoms with Crippen LogP contribution in [0.3, 0.4) is 0 Å². The van der Waals surface area contributed by atoms with E-state index in [4.69, 9.17) is 20.9 Å². The molecule has 0 bridgehead atoms. The van der Waals surface area contributed by atoms with Crippen molar-refractivity contribution >= 4 is 17.3 Å². The van der Waals surface area contributed by atoms with Crippen LogP contribution in [0.4, 0.5) is 5.69 Å². The Morgan fingerprint density at radius 1 is 1.50 bits per heavy atom. The average Bonchev–Trinajstić information content (AvgIpc) is 2.74. The quantitative estimate of drug-likeness (QED) is 0.629. The molecule has 0 fully saturated rings. The Labute approximate surface area is 107 Å². The molecule has 0 amide bonds. The fraction of sp³-hybridized carbons (Fsp3) is 0.182. The third-order valence-corrected chi connectivity index (χ3v) is 2.48. The van der Waals surface area contributed by atoms with Gasteiger partial charge in [0.05, 0.1) is 21.7 Å². The molecule has 0 aliphatic rings. The van der Waals surface area contributed by atoms with Crippen LogP contribution in [0.25, 0.3) is 0 Å². The molecule has 1 aromatic carbocycles. The largest absolute Gasteiger partial charge is 0.484 e. The molecule has 0 spiro atoms. The molecular formula is C11H9ClN2O4. The Balaban J connectivity index is 2.13. The summed E-state index contributed by atoms with van der Waals surface area (Å²) in [5, 5.41) is 14.6. The lowest BCUT2D eigenvalue weighted by Gasteiger charge is -2.05. The zero-order chi connectivity index (χ0) is 13.1. The summed E-state index contributed by atoms with van der Waals surface area (Å²) in [6.07, 6.45) is 0. The number of nitro groups is 1. The van der Waals surface area contributed by atoms with Gasteiger partial charge in [0, 0.05) is 12.1 Å². The highest BCUT2D eigenvalue weighted by molar-refractivity contribution is 6.32. The van der Waals surface area contributed by atoms with Gasteiger partial charge in [-0.25, -0.2) is 0 Å². The monoisotopic (exact) mass is 268 g/mol. The number of nitro benzene ring substituents is 1. The van der Waals surface area contributed by atoms with Crippen LogP contribution in [0.2, 0.25) is 5.02 Å². The molecule has 0 aliphatic carbocycles. The molecule has 1 heterocycles. The lowest BCUT2D eigenvalue weighted by atomic mass is 10.3. The summed E-state index contributed by atoms with van der Waals surface area (Å²) >= 11 is 5.88. The minimum absolute atomic E-state index is 0.0804. The molecule has 0 atom stereocenters. The lowest BCUT2D eigenvalue weighted by Crippen LogP contribution is -1.96. The van der Waals surface area contributed by atoms with Crippen molar-refractivity contribution in [3.05, 3.63) is 50.9 Å². The van der Waals surface area contributed by atoms with Gasteiger partial charge in [-0.15, -0.1) is 0 Å². The summed E-state index contributed by atoms with van der Waals surface area (Å²) in [6.45, 7) is 1.90. The Bertz CT molecular complexity index is 582. The second-order valence-electron chi connectivity index (χ2n) is 3.60. The molecule has 94 valence electrons. The molecule has 1 aromatic heterocycles. The molecule has 0 radical (unpaired) electrons. The predicted molar refractivity (Wildman–Crippen MR) is 63.7 cm³/mol. The molecule has 0 N–H and O–H groups in total. The van der Waals surface area contributed by atoms with Gasteiger partial charge in [-0.3, -0.25) is 10.1 Å². The van der Waals surface area contributed by atoms with Crippen molar-refractivity contribution in [1.29, 1.82) is 0 Å². The van der Waals surface area contributed by atoms with Crippen LogP contribution in [-0.4, -0.2) is 10.1 Å². The standard InChI is InChI=1S/C11H9ClN2O4/c1-7-4-9(18-13-7)6-17-11-5-8(14(15)16)2-3-10(11)12/h2-5H,6H2,1H3. The molecule has 0 aliphatic heterocycles. The topological polar surface area (TPSA) is 78.4 Å². The van der Waals surface area contributed by atoms with Crippen molar-refractivity contribution in [3.63, 3.8) is 0 Å². The van der Waals surface area contributed by atoms with Crippen molar-refractivity contribution < 1.29 is 14.2 Å². The van der Waals surface area contributed by atoms with E-state index in [1.165, 1.54) is 18.2 Å². The van der Waals surface area contributed by atoms with E-state index in [-0.39, 0.29) is 18.0 Å². The van der Waals surface area contributed by atoms with Gasteiger partial charge in [-0.05, 0) is 13.0 Å². The van der Waals surface area contributed by atoms with E-state index >= 15 is 0 Å². The van der Waals surface area contributed by atoms with Gasteiger partial charge in [0.2, 0.25) is 0 Å². The molecule has 0 saturated carbocycles. The molecular weight excluding hydrogens is 260 g/mol. The molecule has 0 saturated heterocycles. The first-order valence-electron chi connectivity index (χ1n) is 5.05. The van der Waals surface area contributed by atoms with Crippen LogP contribution < -0.4 is 4.74 Å². The first-order chi connectivity index (χ1) is 8.56. The Morgan fingerprint density at radius 3 is 2.89 bits per heavy atom. The average molecular weight is 269 g/mol. The van der Waals surface area contributed by atoms with Crippen molar-refractivity contribution in [3.8, 4) is 5.75 Å². The number of benzene rings is 1. The van der Waals surface area contributed by atoms with E-state index in [1.807, 2.05) is 0 Å². The summed E-state index contributed by atoms with van der Waals surface area (Å²) in [5.74, 6) is 0.759. The zero-order valence-corrected chi connectivity index (χ0v) is 10.2. The minimum Gasteiger partial charge on any atom is -0.484 e. The van der Waals surface area contributed by atoms with Gasteiger partial charge in [-0.2, -0.15) is 0 Å². The van der Waals surface area contributed by atoms with E-state index in [2.05, 4.69) is 5.16 Å². The SMILES string of the molecule is Cc1cc(COc2cc([N+](=O)[O-])ccc2Cl)on1. The molecule has 6 nitrogen and oxygen atoms in total. The number of nitrogens with zero attached hydrogens (tertiary/aromatic N) is 2. The van der Waals surface area contributed by atoms with Crippen molar-refractivity contribution in [2.45, 2.75) is 13.5 Å². The lowest BCUT2D eigenvalue weighted by molar-refractivity contribution is -0.384. The number of aryl methyl sites for hydroxylation is 1. The number of non-ortho nitro benzene ring substituents is 1. The van der Waals surface area contributed by atoms with E-state index in [0.29, 0.717) is 10.8 Å². The Hall–Kier alpha value is -2.08.